The van der Waals surface area contributed by atoms with Gasteiger partial charge in [-0.15, -0.1) is 0 Å². The summed E-state index contributed by atoms with van der Waals surface area (Å²) in [4.78, 5) is 11.5. The summed E-state index contributed by atoms with van der Waals surface area (Å²) in [5.41, 5.74) is 8.56. The molecule has 0 unspecified atom stereocenters. The van der Waals surface area contributed by atoms with Gasteiger partial charge in [-0.2, -0.15) is 5.10 Å². The summed E-state index contributed by atoms with van der Waals surface area (Å²) < 4.78 is 1.26. The Hall–Kier alpha value is -2.10. The van der Waals surface area contributed by atoms with E-state index in [4.69, 9.17) is 5.73 Å². The molecule has 0 bridgehead atoms. The van der Waals surface area contributed by atoms with Gasteiger partial charge in [-0.1, -0.05) is 38.1 Å². The second kappa shape index (κ2) is 4.64. The minimum Gasteiger partial charge on any atom is -0.394 e. The van der Waals surface area contributed by atoms with Crippen LogP contribution in [0.15, 0.2) is 35.1 Å². The van der Waals surface area contributed by atoms with E-state index in [-0.39, 0.29) is 11.2 Å². The molecule has 0 atom stereocenters. The van der Waals surface area contributed by atoms with Gasteiger partial charge in [0.15, 0.2) is 0 Å². The number of nitrogens with two attached hydrogens (primary N) is 1. The van der Waals surface area contributed by atoms with Crippen LogP contribution in [0.3, 0.4) is 0 Å². The third-order valence-corrected chi connectivity index (χ3v) is 2.96. The van der Waals surface area contributed by atoms with E-state index in [1.54, 1.807) is 13.1 Å². The number of nitrogens with zero attached hydrogens (tertiary/aromatic N) is 2. The average molecular weight is 243 g/mol. The second-order valence-electron chi connectivity index (χ2n) is 4.69. The van der Waals surface area contributed by atoms with Crippen LogP contribution in [0, 0.1) is 0 Å². The fourth-order valence-electron chi connectivity index (χ4n) is 1.81. The molecular weight excluding hydrogens is 226 g/mol. The van der Waals surface area contributed by atoms with Crippen LogP contribution in [0.1, 0.15) is 25.3 Å². The van der Waals surface area contributed by atoms with E-state index in [1.165, 1.54) is 10.2 Å². The molecule has 18 heavy (non-hydrogen) atoms. The van der Waals surface area contributed by atoms with Crippen molar-refractivity contribution in [2.24, 2.45) is 7.05 Å². The lowest BCUT2D eigenvalue weighted by molar-refractivity contribution is 0.715. The summed E-state index contributed by atoms with van der Waals surface area (Å²) in [7, 11) is 1.60. The van der Waals surface area contributed by atoms with E-state index < -0.39 is 0 Å². The maximum absolute atomic E-state index is 11.5. The molecule has 0 radical (unpaired) electrons. The highest BCUT2D eigenvalue weighted by molar-refractivity contribution is 5.62. The maximum Gasteiger partial charge on any atom is 0.289 e. The van der Waals surface area contributed by atoms with Crippen LogP contribution < -0.4 is 11.3 Å². The van der Waals surface area contributed by atoms with Gasteiger partial charge < -0.3 is 5.73 Å². The summed E-state index contributed by atoms with van der Waals surface area (Å²) in [6.07, 6.45) is 0. The van der Waals surface area contributed by atoms with E-state index in [0.29, 0.717) is 11.6 Å². The lowest BCUT2D eigenvalue weighted by Crippen LogP contribution is -2.22. The van der Waals surface area contributed by atoms with Crippen LogP contribution in [0.4, 0.5) is 5.69 Å². The first-order valence-electron chi connectivity index (χ1n) is 5.93. The zero-order chi connectivity index (χ0) is 13.3. The number of hydrogen-bond acceptors (Lipinski definition) is 3. The van der Waals surface area contributed by atoms with E-state index in [2.05, 4.69) is 31.1 Å². The predicted octanol–water partition coefficient (Wildman–Crippen LogP) is 2.15. The number of anilines is 1. The first-order chi connectivity index (χ1) is 8.49. The Kier molecular flexibility index (Phi) is 3.19. The first-order valence-corrected chi connectivity index (χ1v) is 5.93. The zero-order valence-corrected chi connectivity index (χ0v) is 10.8. The first kappa shape index (κ1) is 12.4. The van der Waals surface area contributed by atoms with Gasteiger partial charge in [-0.25, -0.2) is 4.68 Å². The largest absolute Gasteiger partial charge is 0.394 e. The number of hydrogen-bond donors (Lipinski definition) is 1. The van der Waals surface area contributed by atoms with Gasteiger partial charge in [0.05, 0.1) is 5.69 Å². The van der Waals surface area contributed by atoms with Gasteiger partial charge in [0.25, 0.3) is 5.56 Å². The van der Waals surface area contributed by atoms with Gasteiger partial charge >= 0.3 is 0 Å². The van der Waals surface area contributed by atoms with Crippen molar-refractivity contribution in [3.8, 4) is 11.3 Å². The fraction of sp³-hybridized carbons (Fsp3) is 0.286. The molecule has 0 aliphatic heterocycles. The molecule has 2 N–H and O–H groups in total. The van der Waals surface area contributed by atoms with E-state index in [9.17, 15) is 4.79 Å². The van der Waals surface area contributed by atoms with Crippen LogP contribution in [0.5, 0.6) is 0 Å². The van der Waals surface area contributed by atoms with Crippen molar-refractivity contribution in [3.05, 3.63) is 46.2 Å². The summed E-state index contributed by atoms with van der Waals surface area (Å²) in [6.45, 7) is 4.30. The zero-order valence-electron chi connectivity index (χ0n) is 10.8. The van der Waals surface area contributed by atoms with Gasteiger partial charge in [0.2, 0.25) is 0 Å². The second-order valence-corrected chi connectivity index (χ2v) is 4.69. The van der Waals surface area contributed by atoms with E-state index in [0.717, 1.165) is 5.56 Å². The molecule has 0 spiro atoms. The van der Waals surface area contributed by atoms with Crippen LogP contribution in [-0.4, -0.2) is 9.78 Å². The molecule has 1 heterocycles. The van der Waals surface area contributed by atoms with Crippen LogP contribution in [0.2, 0.25) is 0 Å². The SMILES string of the molecule is CC(C)c1ccc(-c2cc(N)c(=O)n(C)n2)cc1. The molecular formula is C14H17N3O. The average Bonchev–Trinajstić information content (AvgIpc) is 2.35. The minimum atomic E-state index is -0.266. The van der Waals surface area contributed by atoms with Crippen molar-refractivity contribution in [2.75, 3.05) is 5.73 Å². The molecule has 0 aliphatic carbocycles. The molecule has 4 nitrogen and oxygen atoms in total. The molecule has 1 aromatic carbocycles. The molecule has 4 heteroatoms. The molecule has 0 aliphatic rings. The molecule has 1 aromatic heterocycles. The standard InChI is InChI=1S/C14H17N3O/c1-9(2)10-4-6-11(7-5-10)13-8-12(15)14(18)17(3)16-13/h4-9H,15H2,1-3H3. The predicted molar refractivity (Wildman–Crippen MR) is 73.4 cm³/mol. The lowest BCUT2D eigenvalue weighted by atomic mass is 10.0. The van der Waals surface area contributed by atoms with Crippen molar-refractivity contribution in [2.45, 2.75) is 19.8 Å². The van der Waals surface area contributed by atoms with Gasteiger partial charge in [0.1, 0.15) is 5.69 Å². The van der Waals surface area contributed by atoms with Crippen LogP contribution in [0.25, 0.3) is 11.3 Å². The van der Waals surface area contributed by atoms with Crippen molar-refractivity contribution < 1.29 is 0 Å². The third-order valence-electron chi connectivity index (χ3n) is 2.96. The quantitative estimate of drug-likeness (QED) is 0.879. The van der Waals surface area contributed by atoms with Crippen molar-refractivity contribution in [1.82, 2.24) is 9.78 Å². The summed E-state index contributed by atoms with van der Waals surface area (Å²) >= 11 is 0. The Balaban J connectivity index is 2.46. The Labute approximate surface area is 106 Å². The minimum absolute atomic E-state index is 0.218. The smallest absolute Gasteiger partial charge is 0.289 e. The highest BCUT2D eigenvalue weighted by Gasteiger charge is 2.06. The molecule has 94 valence electrons. The molecule has 0 amide bonds. The number of aromatic nitrogens is 2. The van der Waals surface area contributed by atoms with Crippen LogP contribution >= 0.6 is 0 Å². The molecule has 0 saturated heterocycles. The van der Waals surface area contributed by atoms with Crippen LogP contribution in [-0.2, 0) is 7.05 Å². The van der Waals surface area contributed by atoms with Crippen molar-refractivity contribution in [1.29, 1.82) is 0 Å². The highest BCUT2D eigenvalue weighted by Crippen LogP contribution is 2.21. The maximum atomic E-state index is 11.5. The fourth-order valence-corrected chi connectivity index (χ4v) is 1.81. The number of nitrogen functional groups attached to an aromatic ring is 1. The molecule has 0 fully saturated rings. The molecule has 2 aromatic rings. The summed E-state index contributed by atoms with van der Waals surface area (Å²) in [5, 5.41) is 4.20. The third kappa shape index (κ3) is 2.27. The van der Waals surface area contributed by atoms with E-state index >= 15 is 0 Å². The number of rotatable bonds is 2. The monoisotopic (exact) mass is 243 g/mol. The van der Waals surface area contributed by atoms with Gasteiger partial charge in [-0.05, 0) is 17.5 Å². The molecule has 0 saturated carbocycles. The van der Waals surface area contributed by atoms with Gasteiger partial charge in [-0.3, -0.25) is 4.79 Å². The number of benzene rings is 1. The summed E-state index contributed by atoms with van der Waals surface area (Å²) in [6, 6.07) is 9.77. The molecule has 2 rings (SSSR count). The Morgan fingerprint density at radius 3 is 2.33 bits per heavy atom. The highest BCUT2D eigenvalue weighted by atomic mass is 16.1. The van der Waals surface area contributed by atoms with E-state index in [1.807, 2.05) is 12.1 Å². The Morgan fingerprint density at radius 1 is 1.22 bits per heavy atom. The lowest BCUT2D eigenvalue weighted by Gasteiger charge is -2.08. The Morgan fingerprint density at radius 2 is 1.83 bits per heavy atom. The van der Waals surface area contributed by atoms with Crippen molar-refractivity contribution in [3.63, 3.8) is 0 Å². The Bertz CT molecular complexity index is 586. The normalized spacial score (nSPS) is 10.9. The topological polar surface area (TPSA) is 60.9 Å². The summed E-state index contributed by atoms with van der Waals surface area (Å²) in [5.74, 6) is 0.497. The number of aryl methyl sites for hydroxylation is 1. The van der Waals surface area contributed by atoms with Crippen molar-refractivity contribution >= 4 is 5.69 Å². The van der Waals surface area contributed by atoms with Gasteiger partial charge in [0, 0.05) is 12.6 Å².